The highest BCUT2D eigenvalue weighted by atomic mass is 16.5. The van der Waals surface area contributed by atoms with Gasteiger partial charge >= 0.3 is 5.97 Å². The molecule has 0 unspecified atom stereocenters. The van der Waals surface area contributed by atoms with Crippen molar-refractivity contribution in [3.63, 3.8) is 0 Å². The highest BCUT2D eigenvalue weighted by Gasteiger charge is 2.26. The van der Waals surface area contributed by atoms with Gasteiger partial charge in [-0.05, 0) is 69.4 Å². The number of ether oxygens (including phenoxy) is 1. The van der Waals surface area contributed by atoms with Crippen molar-refractivity contribution < 1.29 is 14.3 Å². The molecule has 1 saturated carbocycles. The quantitative estimate of drug-likeness (QED) is 0.384. The minimum absolute atomic E-state index is 0.123. The molecule has 4 heteroatoms. The van der Waals surface area contributed by atoms with Crippen molar-refractivity contribution in [2.24, 2.45) is 17.6 Å². The Morgan fingerprint density at radius 3 is 2.35 bits per heavy atom. The van der Waals surface area contributed by atoms with Crippen molar-refractivity contribution in [3.05, 3.63) is 35.4 Å². The molecule has 0 heterocycles. The summed E-state index contributed by atoms with van der Waals surface area (Å²) in [6.07, 6.45) is 8.58. The van der Waals surface area contributed by atoms with E-state index in [1.54, 1.807) is 0 Å². The number of carbonyl (C=O) groups excluding carboxylic acids is 2. The molecule has 0 atom stereocenters. The molecule has 26 heavy (non-hydrogen) atoms. The predicted octanol–water partition coefficient (Wildman–Crippen LogP) is 4.30. The highest BCUT2D eigenvalue weighted by Crippen LogP contribution is 2.30. The van der Waals surface area contributed by atoms with E-state index < -0.39 is 0 Å². The van der Waals surface area contributed by atoms with Gasteiger partial charge in [0.25, 0.3) is 0 Å². The van der Waals surface area contributed by atoms with E-state index in [9.17, 15) is 9.59 Å². The monoisotopic (exact) mass is 359 g/mol. The number of aryl methyl sites for hydroxylation is 1. The number of carbonyl (C=O) groups is 2. The first-order chi connectivity index (χ1) is 12.6. The topological polar surface area (TPSA) is 69.4 Å². The Balaban J connectivity index is 1.69. The molecular formula is C22H33NO3. The van der Waals surface area contributed by atoms with Crippen molar-refractivity contribution in [1.82, 2.24) is 0 Å². The van der Waals surface area contributed by atoms with Crippen LogP contribution < -0.4 is 5.73 Å². The van der Waals surface area contributed by atoms with Crippen LogP contribution in [-0.2, 0) is 16.0 Å². The summed E-state index contributed by atoms with van der Waals surface area (Å²) in [6.45, 7) is 3.07. The van der Waals surface area contributed by atoms with Crippen molar-refractivity contribution in [3.8, 4) is 0 Å². The molecule has 2 N–H and O–H groups in total. The van der Waals surface area contributed by atoms with Gasteiger partial charge in [0.05, 0.1) is 6.61 Å². The minimum atomic E-state index is -0.123. The van der Waals surface area contributed by atoms with E-state index >= 15 is 0 Å². The zero-order valence-corrected chi connectivity index (χ0v) is 16.0. The van der Waals surface area contributed by atoms with Crippen molar-refractivity contribution in [1.29, 1.82) is 0 Å². The Morgan fingerprint density at radius 2 is 1.73 bits per heavy atom. The number of ketones is 1. The zero-order valence-electron chi connectivity index (χ0n) is 16.0. The number of unbranched alkanes of at least 4 members (excludes halogenated alkanes) is 2. The summed E-state index contributed by atoms with van der Waals surface area (Å²) in [7, 11) is 0. The van der Waals surface area contributed by atoms with E-state index in [1.165, 1.54) is 5.56 Å². The van der Waals surface area contributed by atoms with Crippen LogP contribution in [0.1, 0.15) is 74.2 Å². The molecule has 4 nitrogen and oxygen atoms in total. The van der Waals surface area contributed by atoms with Crippen LogP contribution in [0.15, 0.2) is 24.3 Å². The Hall–Kier alpha value is -1.68. The van der Waals surface area contributed by atoms with E-state index in [4.69, 9.17) is 10.5 Å². The summed E-state index contributed by atoms with van der Waals surface area (Å²) < 4.78 is 5.07. The van der Waals surface area contributed by atoms with E-state index in [-0.39, 0.29) is 11.9 Å². The molecule has 0 radical (unpaired) electrons. The zero-order chi connectivity index (χ0) is 18.8. The summed E-state index contributed by atoms with van der Waals surface area (Å²) in [5.74, 6) is 0.952. The van der Waals surface area contributed by atoms with Gasteiger partial charge in [0.1, 0.15) is 0 Å². The summed E-state index contributed by atoms with van der Waals surface area (Å²) in [5.41, 5.74) is 7.84. The lowest BCUT2D eigenvalue weighted by molar-refractivity contribution is -0.143. The van der Waals surface area contributed by atoms with E-state index in [2.05, 4.69) is 12.1 Å². The summed E-state index contributed by atoms with van der Waals surface area (Å²) in [4.78, 5) is 23.7. The molecule has 0 amide bonds. The van der Waals surface area contributed by atoms with Crippen molar-refractivity contribution >= 4 is 11.8 Å². The molecule has 1 fully saturated rings. The highest BCUT2D eigenvalue weighted by molar-refractivity contribution is 5.97. The van der Waals surface area contributed by atoms with Gasteiger partial charge in [-0.15, -0.1) is 0 Å². The average molecular weight is 360 g/mol. The summed E-state index contributed by atoms with van der Waals surface area (Å²) in [6, 6.07) is 8.12. The maximum absolute atomic E-state index is 12.6. The lowest BCUT2D eigenvalue weighted by Gasteiger charge is -2.26. The molecule has 1 aliphatic rings. The van der Waals surface area contributed by atoms with E-state index in [0.717, 1.165) is 63.5 Å². The van der Waals surface area contributed by atoms with Gasteiger partial charge in [-0.1, -0.05) is 31.2 Å². The second kappa shape index (κ2) is 11.1. The fourth-order valence-corrected chi connectivity index (χ4v) is 3.63. The molecule has 144 valence electrons. The fraction of sp³-hybridized carbons (Fsp3) is 0.636. The van der Waals surface area contributed by atoms with Crippen LogP contribution in [-0.4, -0.2) is 24.9 Å². The molecule has 0 bridgehead atoms. The van der Waals surface area contributed by atoms with Crippen LogP contribution in [0.5, 0.6) is 0 Å². The van der Waals surface area contributed by atoms with Crippen LogP contribution in [0.4, 0.5) is 0 Å². The predicted molar refractivity (Wildman–Crippen MR) is 104 cm³/mol. The third kappa shape index (κ3) is 6.56. The van der Waals surface area contributed by atoms with Gasteiger partial charge < -0.3 is 10.5 Å². The van der Waals surface area contributed by atoms with E-state index in [0.29, 0.717) is 24.7 Å². The molecule has 0 aromatic heterocycles. The molecule has 0 spiro atoms. The second-order valence-electron chi connectivity index (χ2n) is 7.40. The van der Waals surface area contributed by atoms with Crippen molar-refractivity contribution in [2.45, 2.75) is 64.7 Å². The molecule has 0 saturated heterocycles. The number of nitrogens with two attached hydrogens (primary N) is 1. The lowest BCUT2D eigenvalue weighted by Crippen LogP contribution is -2.25. The number of hydrogen-bond acceptors (Lipinski definition) is 4. The smallest absolute Gasteiger partial charge is 0.305 e. The Bertz CT molecular complexity index is 559. The largest absolute Gasteiger partial charge is 0.466 e. The molecular weight excluding hydrogens is 326 g/mol. The standard InChI is InChI=1S/C22H33NO3/c1-2-21(24)26-15-5-3-4-6-17-7-11-19(12-8-17)22(25)20-13-9-18(16-23)10-14-20/h7-8,11-12,18,20H,2-6,9-10,13-16,23H2,1H3. The Morgan fingerprint density at radius 1 is 1.04 bits per heavy atom. The molecule has 1 aliphatic carbocycles. The third-order valence-electron chi connectivity index (χ3n) is 5.45. The number of benzene rings is 1. The van der Waals surface area contributed by atoms with Crippen LogP contribution in [0.3, 0.4) is 0 Å². The molecule has 2 rings (SSSR count). The normalized spacial score (nSPS) is 19.9. The Labute approximate surface area is 157 Å². The number of Topliss-reactive ketones (excluding diaryl/α,β-unsaturated/α-hetero) is 1. The first-order valence-corrected chi connectivity index (χ1v) is 10.1. The number of esters is 1. The molecule has 1 aromatic carbocycles. The van der Waals surface area contributed by atoms with Crippen molar-refractivity contribution in [2.75, 3.05) is 13.2 Å². The minimum Gasteiger partial charge on any atom is -0.466 e. The van der Waals surface area contributed by atoms with Crippen LogP contribution >= 0.6 is 0 Å². The van der Waals surface area contributed by atoms with Crippen LogP contribution in [0.2, 0.25) is 0 Å². The van der Waals surface area contributed by atoms with Gasteiger partial charge in [-0.2, -0.15) is 0 Å². The summed E-state index contributed by atoms with van der Waals surface area (Å²) in [5, 5.41) is 0. The molecule has 0 aliphatic heterocycles. The van der Waals surface area contributed by atoms with Gasteiger partial charge in [0.15, 0.2) is 5.78 Å². The first kappa shape index (κ1) is 20.6. The number of rotatable bonds is 10. The lowest BCUT2D eigenvalue weighted by atomic mass is 9.78. The van der Waals surface area contributed by atoms with Gasteiger partial charge in [-0.3, -0.25) is 9.59 Å². The van der Waals surface area contributed by atoms with Gasteiger partial charge in [-0.25, -0.2) is 0 Å². The first-order valence-electron chi connectivity index (χ1n) is 10.1. The Kier molecular flexibility index (Phi) is 8.82. The maximum atomic E-state index is 12.6. The van der Waals surface area contributed by atoms with Crippen LogP contribution in [0.25, 0.3) is 0 Å². The fourth-order valence-electron chi connectivity index (χ4n) is 3.63. The van der Waals surface area contributed by atoms with Crippen LogP contribution in [0, 0.1) is 11.8 Å². The third-order valence-corrected chi connectivity index (χ3v) is 5.45. The maximum Gasteiger partial charge on any atom is 0.305 e. The molecule has 1 aromatic rings. The second-order valence-corrected chi connectivity index (χ2v) is 7.40. The van der Waals surface area contributed by atoms with Gasteiger partial charge in [0, 0.05) is 17.9 Å². The van der Waals surface area contributed by atoms with E-state index in [1.807, 2.05) is 19.1 Å². The van der Waals surface area contributed by atoms with Gasteiger partial charge in [0.2, 0.25) is 0 Å². The average Bonchev–Trinajstić information content (AvgIpc) is 2.70. The summed E-state index contributed by atoms with van der Waals surface area (Å²) >= 11 is 0. The SMILES string of the molecule is CCC(=O)OCCCCCc1ccc(C(=O)C2CCC(CN)CC2)cc1. The number of hydrogen-bond donors (Lipinski definition) is 1.